The Morgan fingerprint density at radius 1 is 1.37 bits per heavy atom. The standard InChI is InChI=1S/C15H17Cl2NO/c1-10-4-6-15(9-18,7-5-10)14(19)12-3-2-11(16)8-13(12)17/h2-3,8,10,14,19H,4-7H2,1H3. The van der Waals surface area contributed by atoms with Crippen LogP contribution in [-0.2, 0) is 0 Å². The fraction of sp³-hybridized carbons (Fsp3) is 0.533. The van der Waals surface area contributed by atoms with Crippen molar-refractivity contribution in [3.8, 4) is 6.07 Å². The highest BCUT2D eigenvalue weighted by Crippen LogP contribution is 2.48. The zero-order valence-corrected chi connectivity index (χ0v) is 12.4. The predicted octanol–water partition coefficient (Wildman–Crippen LogP) is 4.75. The van der Waals surface area contributed by atoms with Gasteiger partial charge in [-0.05, 0) is 43.7 Å². The van der Waals surface area contributed by atoms with Crippen LogP contribution in [0.25, 0.3) is 0 Å². The SMILES string of the molecule is CC1CCC(C#N)(C(O)c2ccc(Cl)cc2Cl)CC1. The molecule has 1 aromatic carbocycles. The van der Waals surface area contributed by atoms with Crippen LogP contribution in [-0.4, -0.2) is 5.11 Å². The van der Waals surface area contributed by atoms with E-state index in [1.54, 1.807) is 18.2 Å². The second kappa shape index (κ2) is 5.71. The van der Waals surface area contributed by atoms with Crippen LogP contribution in [0.2, 0.25) is 10.0 Å². The van der Waals surface area contributed by atoms with Gasteiger partial charge in [-0.3, -0.25) is 0 Å². The summed E-state index contributed by atoms with van der Waals surface area (Å²) in [4.78, 5) is 0. The maximum absolute atomic E-state index is 10.6. The molecule has 0 radical (unpaired) electrons. The monoisotopic (exact) mass is 297 g/mol. The van der Waals surface area contributed by atoms with Crippen molar-refractivity contribution >= 4 is 23.2 Å². The molecule has 0 bridgehead atoms. The molecule has 1 aliphatic carbocycles. The third-order valence-electron chi connectivity index (χ3n) is 4.17. The molecule has 0 heterocycles. The molecule has 2 rings (SSSR count). The first-order valence-corrected chi connectivity index (χ1v) is 7.28. The highest BCUT2D eigenvalue weighted by molar-refractivity contribution is 6.35. The molecule has 1 N–H and O–H groups in total. The van der Waals surface area contributed by atoms with E-state index in [9.17, 15) is 10.4 Å². The topological polar surface area (TPSA) is 44.0 Å². The van der Waals surface area contributed by atoms with Crippen LogP contribution in [0.1, 0.15) is 44.3 Å². The first kappa shape index (κ1) is 14.7. The molecule has 0 spiro atoms. The van der Waals surface area contributed by atoms with E-state index < -0.39 is 11.5 Å². The number of rotatable bonds is 2. The molecule has 1 atom stereocenters. The molecule has 0 aliphatic heterocycles. The summed E-state index contributed by atoms with van der Waals surface area (Å²) < 4.78 is 0. The van der Waals surface area contributed by atoms with Gasteiger partial charge in [0.25, 0.3) is 0 Å². The zero-order valence-electron chi connectivity index (χ0n) is 10.9. The number of hydrogen-bond donors (Lipinski definition) is 1. The molecular weight excluding hydrogens is 281 g/mol. The number of aliphatic hydroxyl groups excluding tert-OH is 1. The third-order valence-corrected chi connectivity index (χ3v) is 4.73. The van der Waals surface area contributed by atoms with Gasteiger partial charge < -0.3 is 5.11 Å². The number of nitrogens with zero attached hydrogens (tertiary/aromatic N) is 1. The molecule has 2 nitrogen and oxygen atoms in total. The lowest BCUT2D eigenvalue weighted by atomic mass is 9.67. The lowest BCUT2D eigenvalue weighted by Crippen LogP contribution is -2.32. The molecule has 1 saturated carbocycles. The van der Waals surface area contributed by atoms with Crippen molar-refractivity contribution in [2.24, 2.45) is 11.3 Å². The van der Waals surface area contributed by atoms with Crippen molar-refractivity contribution in [1.29, 1.82) is 5.26 Å². The highest BCUT2D eigenvalue weighted by atomic mass is 35.5. The number of aliphatic hydroxyl groups is 1. The molecule has 0 saturated heterocycles. The minimum absolute atomic E-state index is 0.424. The lowest BCUT2D eigenvalue weighted by Gasteiger charge is -2.37. The molecule has 102 valence electrons. The van der Waals surface area contributed by atoms with Gasteiger partial charge >= 0.3 is 0 Å². The maximum atomic E-state index is 10.6. The Hall–Kier alpha value is -0.750. The maximum Gasteiger partial charge on any atom is 0.0990 e. The van der Waals surface area contributed by atoms with Gasteiger partial charge in [0.15, 0.2) is 0 Å². The van der Waals surface area contributed by atoms with Crippen LogP contribution in [0.15, 0.2) is 18.2 Å². The van der Waals surface area contributed by atoms with Gasteiger partial charge in [-0.25, -0.2) is 0 Å². The van der Waals surface area contributed by atoms with Gasteiger partial charge in [-0.2, -0.15) is 5.26 Å². The second-order valence-corrected chi connectivity index (χ2v) is 6.36. The third kappa shape index (κ3) is 2.89. The summed E-state index contributed by atoms with van der Waals surface area (Å²) in [5.41, 5.74) is -0.119. The number of hydrogen-bond acceptors (Lipinski definition) is 2. The Bertz CT molecular complexity index is 501. The highest BCUT2D eigenvalue weighted by Gasteiger charge is 2.42. The summed E-state index contributed by atoms with van der Waals surface area (Å²) in [6.07, 6.45) is 2.51. The molecule has 1 aliphatic rings. The Kier molecular flexibility index (Phi) is 4.40. The van der Waals surface area contributed by atoms with Gasteiger partial charge in [-0.1, -0.05) is 36.2 Å². The zero-order chi connectivity index (χ0) is 14.0. The number of benzene rings is 1. The van der Waals surface area contributed by atoms with Crippen molar-refractivity contribution < 1.29 is 5.11 Å². The predicted molar refractivity (Wildman–Crippen MR) is 77.1 cm³/mol. The van der Waals surface area contributed by atoms with E-state index in [0.29, 0.717) is 34.4 Å². The van der Waals surface area contributed by atoms with Crippen molar-refractivity contribution in [3.05, 3.63) is 33.8 Å². The largest absolute Gasteiger partial charge is 0.387 e. The summed E-state index contributed by atoms with van der Waals surface area (Å²) in [5.74, 6) is 0.620. The average Bonchev–Trinajstić information content (AvgIpc) is 2.39. The van der Waals surface area contributed by atoms with Crippen molar-refractivity contribution in [1.82, 2.24) is 0 Å². The van der Waals surface area contributed by atoms with Gasteiger partial charge in [0, 0.05) is 15.6 Å². The summed E-state index contributed by atoms with van der Waals surface area (Å²) in [6, 6.07) is 7.36. The Morgan fingerprint density at radius 2 is 2.00 bits per heavy atom. The summed E-state index contributed by atoms with van der Waals surface area (Å²) in [6.45, 7) is 2.18. The fourth-order valence-electron chi connectivity index (χ4n) is 2.74. The van der Waals surface area contributed by atoms with E-state index in [4.69, 9.17) is 23.2 Å². The first-order chi connectivity index (χ1) is 8.98. The van der Waals surface area contributed by atoms with Crippen molar-refractivity contribution in [2.75, 3.05) is 0 Å². The first-order valence-electron chi connectivity index (χ1n) is 6.53. The molecule has 1 aromatic rings. The van der Waals surface area contributed by atoms with E-state index in [0.717, 1.165) is 12.8 Å². The van der Waals surface area contributed by atoms with Crippen LogP contribution in [0.4, 0.5) is 0 Å². The van der Waals surface area contributed by atoms with E-state index in [-0.39, 0.29) is 0 Å². The van der Waals surface area contributed by atoms with Crippen LogP contribution >= 0.6 is 23.2 Å². The number of halogens is 2. The normalized spacial score (nSPS) is 28.7. The molecule has 19 heavy (non-hydrogen) atoms. The molecule has 0 amide bonds. The fourth-order valence-corrected chi connectivity index (χ4v) is 3.26. The smallest absolute Gasteiger partial charge is 0.0990 e. The van der Waals surface area contributed by atoms with E-state index in [1.807, 2.05) is 0 Å². The van der Waals surface area contributed by atoms with E-state index >= 15 is 0 Å². The second-order valence-electron chi connectivity index (χ2n) is 5.52. The van der Waals surface area contributed by atoms with E-state index in [2.05, 4.69) is 13.0 Å². The van der Waals surface area contributed by atoms with Crippen LogP contribution < -0.4 is 0 Å². The molecule has 0 aromatic heterocycles. The van der Waals surface area contributed by atoms with Crippen LogP contribution in [0, 0.1) is 22.7 Å². The van der Waals surface area contributed by atoms with E-state index in [1.165, 1.54) is 0 Å². The molecular formula is C15H17Cl2NO. The number of nitriles is 1. The van der Waals surface area contributed by atoms with Gasteiger partial charge in [-0.15, -0.1) is 0 Å². The summed E-state index contributed by atoms with van der Waals surface area (Å²) >= 11 is 12.0. The van der Waals surface area contributed by atoms with Gasteiger partial charge in [0.2, 0.25) is 0 Å². The van der Waals surface area contributed by atoms with Gasteiger partial charge in [0.05, 0.1) is 17.6 Å². The molecule has 1 fully saturated rings. The average molecular weight is 298 g/mol. The summed E-state index contributed by atoms with van der Waals surface area (Å²) in [5, 5.41) is 21.1. The Balaban J connectivity index is 2.31. The van der Waals surface area contributed by atoms with Crippen LogP contribution in [0.3, 0.4) is 0 Å². The van der Waals surface area contributed by atoms with Crippen LogP contribution in [0.5, 0.6) is 0 Å². The summed E-state index contributed by atoms with van der Waals surface area (Å²) in [7, 11) is 0. The lowest BCUT2D eigenvalue weighted by molar-refractivity contribution is 0.0267. The minimum atomic E-state index is -0.852. The van der Waals surface area contributed by atoms with Crippen molar-refractivity contribution in [2.45, 2.75) is 38.7 Å². The molecule has 1 unspecified atom stereocenters. The molecule has 4 heteroatoms. The quantitative estimate of drug-likeness (QED) is 0.856. The van der Waals surface area contributed by atoms with Crippen molar-refractivity contribution in [3.63, 3.8) is 0 Å². The Labute approximate surface area is 124 Å². The Morgan fingerprint density at radius 3 is 2.53 bits per heavy atom. The van der Waals surface area contributed by atoms with Gasteiger partial charge in [0.1, 0.15) is 0 Å². The minimum Gasteiger partial charge on any atom is -0.387 e.